The number of amides is 4. The molecule has 2 aliphatic rings. The summed E-state index contributed by atoms with van der Waals surface area (Å²) >= 11 is 7.17. The van der Waals surface area contributed by atoms with Gasteiger partial charge in [0.05, 0.1) is 16.8 Å². The minimum Gasteiger partial charge on any atom is -0.349 e. The Labute approximate surface area is 224 Å². The van der Waals surface area contributed by atoms with Gasteiger partial charge < -0.3 is 25.8 Å². The number of rotatable bonds is 5. The van der Waals surface area contributed by atoms with Crippen LogP contribution in [-0.4, -0.2) is 83.2 Å². The molecule has 198 valence electrons. The first kappa shape index (κ1) is 27.0. The van der Waals surface area contributed by atoms with E-state index in [0.29, 0.717) is 29.3 Å². The topological polar surface area (TPSA) is 137 Å². The van der Waals surface area contributed by atoms with Crippen molar-refractivity contribution in [1.82, 2.24) is 30.4 Å². The maximum absolute atomic E-state index is 13.2. The molecule has 0 bridgehead atoms. The highest BCUT2D eigenvalue weighted by Crippen LogP contribution is 2.28. The van der Waals surface area contributed by atoms with Crippen LogP contribution in [0.4, 0.5) is 5.82 Å². The average Bonchev–Trinajstić information content (AvgIpc) is 3.29. The van der Waals surface area contributed by atoms with Crippen molar-refractivity contribution in [3.8, 4) is 0 Å². The SMILES string of the molecule is CN1CCc2nc(C(=O)N[C@@H]3CC(C(=O)N(C)C)CC[C@@H]3NC(=O)C(=O)Nc3ccc(Cl)cn3)sc2C1. The molecule has 0 radical (unpaired) electrons. The molecule has 3 atom stereocenters. The summed E-state index contributed by atoms with van der Waals surface area (Å²) in [6.45, 7) is 1.63. The molecule has 1 unspecified atom stereocenters. The first-order valence-corrected chi connectivity index (χ1v) is 13.2. The molecular weight excluding hydrogens is 518 g/mol. The van der Waals surface area contributed by atoms with Crippen molar-refractivity contribution in [2.24, 2.45) is 5.92 Å². The lowest BCUT2D eigenvalue weighted by molar-refractivity contribution is -0.137. The summed E-state index contributed by atoms with van der Waals surface area (Å²) in [5.74, 6) is -2.25. The zero-order valence-corrected chi connectivity index (χ0v) is 22.5. The van der Waals surface area contributed by atoms with Gasteiger partial charge in [0.15, 0.2) is 5.01 Å². The number of nitrogens with zero attached hydrogens (tertiary/aromatic N) is 4. The molecule has 2 aromatic heterocycles. The van der Waals surface area contributed by atoms with Gasteiger partial charge in [0, 0.05) is 56.6 Å². The molecule has 4 amide bonds. The first-order chi connectivity index (χ1) is 17.6. The van der Waals surface area contributed by atoms with Crippen LogP contribution >= 0.6 is 22.9 Å². The van der Waals surface area contributed by atoms with Gasteiger partial charge in [-0.2, -0.15) is 0 Å². The number of fused-ring (bicyclic) bond motifs is 1. The lowest BCUT2D eigenvalue weighted by Gasteiger charge is -2.37. The molecule has 37 heavy (non-hydrogen) atoms. The van der Waals surface area contributed by atoms with Crippen LogP contribution < -0.4 is 16.0 Å². The van der Waals surface area contributed by atoms with Gasteiger partial charge in [-0.05, 0) is 38.4 Å². The Kier molecular flexibility index (Phi) is 8.40. The second kappa shape index (κ2) is 11.5. The molecule has 0 aromatic carbocycles. The zero-order chi connectivity index (χ0) is 26.7. The average molecular weight is 548 g/mol. The van der Waals surface area contributed by atoms with Crippen LogP contribution in [0, 0.1) is 5.92 Å². The smallest absolute Gasteiger partial charge is 0.314 e. The Hall–Kier alpha value is -3.09. The monoisotopic (exact) mass is 547 g/mol. The van der Waals surface area contributed by atoms with E-state index in [1.54, 1.807) is 20.2 Å². The lowest BCUT2D eigenvalue weighted by atomic mass is 9.81. The number of carbonyl (C=O) groups is 4. The molecular formula is C24H30ClN7O4S. The highest BCUT2D eigenvalue weighted by atomic mass is 35.5. The molecule has 1 aliphatic carbocycles. The third-order valence-electron chi connectivity index (χ3n) is 6.56. The number of likely N-dealkylation sites (N-methyl/N-ethyl adjacent to an activating group) is 1. The van der Waals surface area contributed by atoms with Crippen molar-refractivity contribution in [3.63, 3.8) is 0 Å². The van der Waals surface area contributed by atoms with Crippen LogP contribution in [0.3, 0.4) is 0 Å². The van der Waals surface area contributed by atoms with E-state index in [-0.39, 0.29) is 23.6 Å². The number of thiazole rings is 1. The number of nitrogens with one attached hydrogen (secondary N) is 3. The molecule has 1 fully saturated rings. The fourth-order valence-electron chi connectivity index (χ4n) is 4.60. The van der Waals surface area contributed by atoms with E-state index in [2.05, 4.69) is 30.8 Å². The maximum atomic E-state index is 13.2. The van der Waals surface area contributed by atoms with Crippen molar-refractivity contribution in [3.05, 3.63) is 38.9 Å². The molecule has 11 nitrogen and oxygen atoms in total. The van der Waals surface area contributed by atoms with Crippen molar-refractivity contribution in [2.45, 2.75) is 44.3 Å². The number of hydrogen-bond donors (Lipinski definition) is 3. The van der Waals surface area contributed by atoms with Crippen molar-refractivity contribution in [1.29, 1.82) is 0 Å². The molecule has 1 saturated carbocycles. The highest BCUT2D eigenvalue weighted by Gasteiger charge is 2.37. The highest BCUT2D eigenvalue weighted by molar-refractivity contribution is 7.13. The minimum atomic E-state index is -0.886. The van der Waals surface area contributed by atoms with Gasteiger partial charge in [0.1, 0.15) is 5.82 Å². The molecule has 3 heterocycles. The van der Waals surface area contributed by atoms with Gasteiger partial charge in [-0.25, -0.2) is 9.97 Å². The summed E-state index contributed by atoms with van der Waals surface area (Å²) in [6, 6.07) is 1.95. The van der Waals surface area contributed by atoms with E-state index in [4.69, 9.17) is 11.6 Å². The normalized spacial score (nSPS) is 21.5. The van der Waals surface area contributed by atoms with Gasteiger partial charge in [-0.3, -0.25) is 19.2 Å². The first-order valence-electron chi connectivity index (χ1n) is 12.0. The summed E-state index contributed by atoms with van der Waals surface area (Å²) in [4.78, 5) is 64.3. The predicted molar refractivity (Wildman–Crippen MR) is 139 cm³/mol. The second-order valence-electron chi connectivity index (χ2n) is 9.60. The number of anilines is 1. The third-order valence-corrected chi connectivity index (χ3v) is 7.87. The fourth-order valence-corrected chi connectivity index (χ4v) is 5.80. The van der Waals surface area contributed by atoms with Crippen LogP contribution in [0.15, 0.2) is 18.3 Å². The summed E-state index contributed by atoms with van der Waals surface area (Å²) in [6.07, 6.45) is 3.42. The van der Waals surface area contributed by atoms with Crippen molar-refractivity contribution < 1.29 is 19.2 Å². The number of halogens is 1. The van der Waals surface area contributed by atoms with Crippen LogP contribution in [0.2, 0.25) is 5.02 Å². The van der Waals surface area contributed by atoms with E-state index in [0.717, 1.165) is 30.1 Å². The Morgan fingerprint density at radius 3 is 2.59 bits per heavy atom. The van der Waals surface area contributed by atoms with E-state index >= 15 is 0 Å². The van der Waals surface area contributed by atoms with Crippen molar-refractivity contribution in [2.75, 3.05) is 33.0 Å². The van der Waals surface area contributed by atoms with Gasteiger partial charge in [-0.15, -0.1) is 11.3 Å². The molecule has 0 saturated heterocycles. The van der Waals surface area contributed by atoms with E-state index in [1.807, 2.05) is 7.05 Å². The second-order valence-corrected chi connectivity index (χ2v) is 11.1. The van der Waals surface area contributed by atoms with Crippen LogP contribution in [-0.2, 0) is 27.3 Å². The molecule has 3 N–H and O–H groups in total. The van der Waals surface area contributed by atoms with Gasteiger partial charge in [0.2, 0.25) is 5.91 Å². The molecule has 0 spiro atoms. The summed E-state index contributed by atoms with van der Waals surface area (Å²) in [5, 5.41) is 8.91. The predicted octanol–water partition coefficient (Wildman–Crippen LogP) is 1.29. The third kappa shape index (κ3) is 6.62. The van der Waals surface area contributed by atoms with Gasteiger partial charge in [-0.1, -0.05) is 11.6 Å². The molecule has 1 aliphatic heterocycles. The number of pyridine rings is 1. The van der Waals surface area contributed by atoms with E-state index in [1.165, 1.54) is 28.5 Å². The quantitative estimate of drug-likeness (QED) is 0.480. The standard InChI is InChI=1S/C24H30ClN7O4S/c1-31(2)24(36)13-4-6-15(27-20(33)21(34)30-19-7-5-14(25)11-26-19)17(10-13)28-22(35)23-29-16-8-9-32(3)12-18(16)37-23/h5,7,11,13,15,17H,4,6,8-10,12H2,1-3H3,(H,27,33)(H,28,35)(H,26,30,34)/t13?,15-,17+/m0/s1. The zero-order valence-electron chi connectivity index (χ0n) is 20.9. The number of carbonyl (C=O) groups excluding carboxylic acids is 4. The van der Waals surface area contributed by atoms with Gasteiger partial charge >= 0.3 is 11.8 Å². The fraction of sp³-hybridized carbons (Fsp3) is 0.500. The van der Waals surface area contributed by atoms with Crippen molar-refractivity contribution >= 4 is 52.4 Å². The molecule has 4 rings (SSSR count). The number of hydrogen-bond acceptors (Lipinski definition) is 8. The minimum absolute atomic E-state index is 0.0386. The molecule has 13 heteroatoms. The Morgan fingerprint density at radius 1 is 1.11 bits per heavy atom. The Balaban J connectivity index is 1.45. The molecule has 2 aromatic rings. The number of aromatic nitrogens is 2. The summed E-state index contributed by atoms with van der Waals surface area (Å²) in [5.41, 5.74) is 0.940. The summed E-state index contributed by atoms with van der Waals surface area (Å²) < 4.78 is 0. The van der Waals surface area contributed by atoms with Crippen LogP contribution in [0.5, 0.6) is 0 Å². The maximum Gasteiger partial charge on any atom is 0.314 e. The largest absolute Gasteiger partial charge is 0.349 e. The van der Waals surface area contributed by atoms with Crippen LogP contribution in [0.1, 0.15) is 39.6 Å². The summed E-state index contributed by atoms with van der Waals surface area (Å²) in [7, 11) is 5.41. The van der Waals surface area contributed by atoms with Crippen LogP contribution in [0.25, 0.3) is 0 Å². The van der Waals surface area contributed by atoms with Gasteiger partial charge in [0.25, 0.3) is 5.91 Å². The Bertz CT molecular complexity index is 1190. The van der Waals surface area contributed by atoms with E-state index < -0.39 is 23.9 Å². The lowest BCUT2D eigenvalue weighted by Crippen LogP contribution is -2.57. The Morgan fingerprint density at radius 2 is 1.89 bits per heavy atom. The van der Waals surface area contributed by atoms with E-state index in [9.17, 15) is 19.2 Å².